The second-order valence-corrected chi connectivity index (χ2v) is 8.79. The Hall–Kier alpha value is -3.87. The predicted octanol–water partition coefficient (Wildman–Crippen LogP) is 4.94. The van der Waals surface area contributed by atoms with Gasteiger partial charge in [-0.3, -0.25) is 14.8 Å². The third-order valence-corrected chi connectivity index (χ3v) is 5.54. The minimum absolute atomic E-state index is 0.0630. The van der Waals surface area contributed by atoms with Gasteiger partial charge in [0.05, 0.1) is 29.3 Å². The summed E-state index contributed by atoms with van der Waals surface area (Å²) in [4.78, 5) is 25.5. The number of ether oxygens (including phenoxy) is 2. The maximum Gasteiger partial charge on any atom is 0.302 e. The van der Waals surface area contributed by atoms with Gasteiger partial charge in [0, 0.05) is 11.9 Å². The van der Waals surface area contributed by atoms with E-state index in [1.165, 1.54) is 5.56 Å². The summed E-state index contributed by atoms with van der Waals surface area (Å²) in [5, 5.41) is 0.475. The summed E-state index contributed by atoms with van der Waals surface area (Å²) in [6, 6.07) is 15.9. The fraction of sp³-hybridized carbons (Fsp3) is 0.240. The zero-order valence-corrected chi connectivity index (χ0v) is 18.3. The second kappa shape index (κ2) is 7.67. The predicted molar refractivity (Wildman–Crippen MR) is 124 cm³/mol. The molecule has 0 amide bonds. The van der Waals surface area contributed by atoms with E-state index in [4.69, 9.17) is 9.47 Å². The van der Waals surface area contributed by atoms with Gasteiger partial charge in [-0.05, 0) is 53.4 Å². The first kappa shape index (κ1) is 20.1. The first-order chi connectivity index (χ1) is 15.4. The Balaban J connectivity index is 1.40. The van der Waals surface area contributed by atoms with Gasteiger partial charge in [0.1, 0.15) is 18.1 Å². The third kappa shape index (κ3) is 3.77. The fourth-order valence-electron chi connectivity index (χ4n) is 3.78. The number of pyridine rings is 1. The van der Waals surface area contributed by atoms with Gasteiger partial charge in [-0.25, -0.2) is 0 Å². The number of nitrogens with one attached hydrogen (secondary N) is 1. The normalized spacial score (nSPS) is 13.5. The Kier molecular flexibility index (Phi) is 4.81. The highest BCUT2D eigenvalue weighted by Gasteiger charge is 2.23. The van der Waals surface area contributed by atoms with Gasteiger partial charge in [0.2, 0.25) is 0 Å². The molecule has 0 fully saturated rings. The minimum Gasteiger partial charge on any atom is -0.490 e. The Morgan fingerprint density at radius 3 is 2.69 bits per heavy atom. The average molecular weight is 428 g/mol. The van der Waals surface area contributed by atoms with Crippen LogP contribution in [-0.4, -0.2) is 28.1 Å². The van der Waals surface area contributed by atoms with Gasteiger partial charge in [-0.15, -0.1) is 0 Å². The van der Waals surface area contributed by atoms with E-state index in [2.05, 4.69) is 58.8 Å². The van der Waals surface area contributed by atoms with E-state index in [0.29, 0.717) is 23.3 Å². The van der Waals surface area contributed by atoms with Crippen molar-refractivity contribution in [3.8, 4) is 17.5 Å². The van der Waals surface area contributed by atoms with Crippen molar-refractivity contribution in [3.63, 3.8) is 0 Å². The highest BCUT2D eigenvalue weighted by Crippen LogP contribution is 2.39. The summed E-state index contributed by atoms with van der Waals surface area (Å²) in [5.74, 6) is 1.48. The van der Waals surface area contributed by atoms with Crippen molar-refractivity contribution in [2.75, 3.05) is 18.1 Å². The van der Waals surface area contributed by atoms with Crippen LogP contribution in [0.3, 0.4) is 0 Å². The molecule has 0 atom stereocenters. The molecule has 0 aliphatic carbocycles. The quantitative estimate of drug-likeness (QED) is 0.498. The van der Waals surface area contributed by atoms with Crippen LogP contribution < -0.4 is 19.9 Å². The number of hydrogen-bond acceptors (Lipinski definition) is 6. The largest absolute Gasteiger partial charge is 0.490 e. The molecule has 7 nitrogen and oxygen atoms in total. The number of aromatic nitrogens is 3. The molecule has 0 saturated heterocycles. The molecule has 0 saturated carbocycles. The third-order valence-electron chi connectivity index (χ3n) is 5.54. The monoisotopic (exact) mass is 428 g/mol. The van der Waals surface area contributed by atoms with E-state index in [1.54, 1.807) is 18.5 Å². The molecule has 2 aromatic carbocycles. The van der Waals surface area contributed by atoms with Crippen LogP contribution in [0.4, 0.5) is 11.4 Å². The molecule has 3 heterocycles. The molecular weight excluding hydrogens is 404 g/mol. The van der Waals surface area contributed by atoms with E-state index in [-0.39, 0.29) is 17.0 Å². The molecule has 1 aliphatic rings. The van der Waals surface area contributed by atoms with Crippen LogP contribution in [0.15, 0.2) is 65.7 Å². The lowest BCUT2D eigenvalue weighted by Crippen LogP contribution is -2.29. The molecule has 7 heteroatoms. The van der Waals surface area contributed by atoms with Crippen LogP contribution in [0.5, 0.6) is 17.5 Å². The maximum absolute atomic E-state index is 12.2. The smallest absolute Gasteiger partial charge is 0.302 e. The van der Waals surface area contributed by atoms with Crippen LogP contribution in [0.2, 0.25) is 0 Å². The lowest BCUT2D eigenvalue weighted by molar-refractivity contribution is 0.313. The Morgan fingerprint density at radius 2 is 1.91 bits per heavy atom. The van der Waals surface area contributed by atoms with Crippen molar-refractivity contribution in [2.45, 2.75) is 26.2 Å². The van der Waals surface area contributed by atoms with E-state index < -0.39 is 0 Å². The van der Waals surface area contributed by atoms with Crippen molar-refractivity contribution in [2.24, 2.45) is 0 Å². The fourth-order valence-corrected chi connectivity index (χ4v) is 3.78. The molecule has 4 aromatic rings. The molecule has 32 heavy (non-hydrogen) atoms. The Bertz CT molecular complexity index is 1340. The number of nitrogens with zero attached hydrogens (tertiary/aromatic N) is 3. The summed E-state index contributed by atoms with van der Waals surface area (Å²) in [5.41, 5.74) is 3.62. The van der Waals surface area contributed by atoms with Crippen LogP contribution in [0, 0.1) is 0 Å². The van der Waals surface area contributed by atoms with Gasteiger partial charge in [-0.2, -0.15) is 4.98 Å². The summed E-state index contributed by atoms with van der Waals surface area (Å²) in [7, 11) is 0. The Labute approximate surface area is 185 Å². The van der Waals surface area contributed by atoms with Crippen LogP contribution in [0.1, 0.15) is 26.3 Å². The van der Waals surface area contributed by atoms with Gasteiger partial charge >= 0.3 is 6.01 Å². The van der Waals surface area contributed by atoms with Crippen molar-refractivity contribution in [1.29, 1.82) is 0 Å². The number of anilines is 2. The SMILES string of the molecule is CC(C)(C)c1ccc2c(c1)OCCN2c1ccc(Oc2nc3cnccc3c(=O)[nH]2)cc1. The van der Waals surface area contributed by atoms with Crippen molar-refractivity contribution in [3.05, 3.63) is 76.8 Å². The zero-order valence-electron chi connectivity index (χ0n) is 18.3. The number of hydrogen-bond donors (Lipinski definition) is 1. The standard InChI is InChI=1S/C25H24N4O3/c1-25(2,3)16-4-9-21-22(14-16)31-13-12-29(21)17-5-7-18(8-6-17)32-24-27-20-15-26-11-10-19(20)23(30)28-24/h4-11,14-15H,12-13H2,1-3H3,(H,27,28,30). The van der Waals surface area contributed by atoms with Crippen LogP contribution in [0.25, 0.3) is 10.9 Å². The van der Waals surface area contributed by atoms with Crippen LogP contribution in [-0.2, 0) is 5.41 Å². The lowest BCUT2D eigenvalue weighted by Gasteiger charge is -2.32. The van der Waals surface area contributed by atoms with E-state index >= 15 is 0 Å². The minimum atomic E-state index is -0.261. The molecule has 0 bridgehead atoms. The second-order valence-electron chi connectivity index (χ2n) is 8.79. The van der Waals surface area contributed by atoms with Gasteiger partial charge < -0.3 is 14.4 Å². The number of benzene rings is 2. The van der Waals surface area contributed by atoms with E-state index in [1.807, 2.05) is 24.3 Å². The molecule has 5 rings (SSSR count). The number of aromatic amines is 1. The summed E-state index contributed by atoms with van der Waals surface area (Å²) >= 11 is 0. The number of H-pyrrole nitrogens is 1. The van der Waals surface area contributed by atoms with Crippen LogP contribution >= 0.6 is 0 Å². The van der Waals surface area contributed by atoms with Crippen molar-refractivity contribution >= 4 is 22.3 Å². The summed E-state index contributed by atoms with van der Waals surface area (Å²) in [6.07, 6.45) is 3.10. The Morgan fingerprint density at radius 1 is 1.09 bits per heavy atom. The van der Waals surface area contributed by atoms with Gasteiger partial charge in [0.25, 0.3) is 5.56 Å². The van der Waals surface area contributed by atoms with Gasteiger partial charge in [0.15, 0.2) is 0 Å². The lowest BCUT2D eigenvalue weighted by atomic mass is 9.86. The highest BCUT2D eigenvalue weighted by atomic mass is 16.5. The molecule has 1 N–H and O–H groups in total. The molecule has 2 aromatic heterocycles. The molecule has 162 valence electrons. The summed E-state index contributed by atoms with van der Waals surface area (Å²) < 4.78 is 11.7. The van der Waals surface area contributed by atoms with Crippen molar-refractivity contribution < 1.29 is 9.47 Å². The van der Waals surface area contributed by atoms with Crippen molar-refractivity contribution in [1.82, 2.24) is 15.0 Å². The first-order valence-electron chi connectivity index (χ1n) is 10.6. The van der Waals surface area contributed by atoms with E-state index in [9.17, 15) is 4.79 Å². The number of fused-ring (bicyclic) bond motifs is 2. The molecule has 0 unspecified atom stereocenters. The summed E-state index contributed by atoms with van der Waals surface area (Å²) in [6.45, 7) is 7.97. The van der Waals surface area contributed by atoms with E-state index in [0.717, 1.165) is 23.7 Å². The molecule has 0 spiro atoms. The molecule has 0 radical (unpaired) electrons. The topological polar surface area (TPSA) is 80.3 Å². The maximum atomic E-state index is 12.2. The first-order valence-corrected chi connectivity index (χ1v) is 10.6. The molecular formula is C25H24N4O3. The molecule has 1 aliphatic heterocycles. The zero-order chi connectivity index (χ0) is 22.3. The van der Waals surface area contributed by atoms with Gasteiger partial charge in [-0.1, -0.05) is 26.8 Å². The highest BCUT2D eigenvalue weighted by molar-refractivity contribution is 5.76. The average Bonchev–Trinajstić information content (AvgIpc) is 2.78. The number of rotatable bonds is 3.